The van der Waals surface area contributed by atoms with Crippen LogP contribution in [0, 0.1) is 0 Å². The third kappa shape index (κ3) is 4.34. The Labute approximate surface area is 102 Å². The number of rotatable bonds is 5. The molecule has 1 rings (SSSR count). The minimum Gasteiger partial charge on any atom is -0.480 e. The monoisotopic (exact) mass is 243 g/mol. The van der Waals surface area contributed by atoms with Gasteiger partial charge in [-0.15, -0.1) is 0 Å². The van der Waals surface area contributed by atoms with Crippen LogP contribution < -0.4 is 0 Å². The molecule has 17 heavy (non-hydrogen) atoms. The van der Waals surface area contributed by atoms with E-state index in [2.05, 4.69) is 0 Å². The first-order valence-electron chi connectivity index (χ1n) is 6.12. The molecule has 1 fully saturated rings. The summed E-state index contributed by atoms with van der Waals surface area (Å²) in [5.41, 5.74) is 0. The molecular formula is C12H21NO4. The van der Waals surface area contributed by atoms with Gasteiger partial charge < -0.3 is 14.7 Å². The van der Waals surface area contributed by atoms with E-state index < -0.39 is 12.0 Å². The third-order valence-electron chi connectivity index (χ3n) is 3.29. The number of hydrogen-bond acceptors (Lipinski definition) is 3. The molecule has 0 radical (unpaired) electrons. The van der Waals surface area contributed by atoms with Gasteiger partial charge in [-0.05, 0) is 32.6 Å². The normalized spacial score (nSPS) is 21.9. The van der Waals surface area contributed by atoms with Gasteiger partial charge in [0.1, 0.15) is 6.04 Å². The predicted molar refractivity (Wildman–Crippen MR) is 62.7 cm³/mol. The molecule has 98 valence electrons. The zero-order valence-corrected chi connectivity index (χ0v) is 10.5. The average Bonchev–Trinajstić information content (AvgIpc) is 2.35. The Hall–Kier alpha value is -1.10. The van der Waals surface area contributed by atoms with E-state index in [-0.39, 0.29) is 12.0 Å². The number of carboxylic acids is 1. The molecule has 2 unspecified atom stereocenters. The Kier molecular flexibility index (Phi) is 5.41. The predicted octanol–water partition coefficient (Wildman–Crippen LogP) is 1.27. The fourth-order valence-electron chi connectivity index (χ4n) is 1.88. The zero-order chi connectivity index (χ0) is 12.8. The Bertz CT molecular complexity index is 274. The van der Waals surface area contributed by atoms with E-state index in [1.165, 1.54) is 18.9 Å². The second-order valence-electron chi connectivity index (χ2n) is 4.55. The first-order chi connectivity index (χ1) is 8.02. The summed E-state index contributed by atoms with van der Waals surface area (Å²) < 4.78 is 5.53. The number of hydrogen-bond donors (Lipinski definition) is 1. The molecule has 1 N–H and O–H groups in total. The summed E-state index contributed by atoms with van der Waals surface area (Å²) in [4.78, 5) is 23.8. The van der Waals surface area contributed by atoms with E-state index in [9.17, 15) is 9.59 Å². The van der Waals surface area contributed by atoms with Crippen molar-refractivity contribution in [1.29, 1.82) is 0 Å². The van der Waals surface area contributed by atoms with Gasteiger partial charge in [0.15, 0.2) is 0 Å². The first-order valence-corrected chi connectivity index (χ1v) is 6.12. The van der Waals surface area contributed by atoms with Crippen LogP contribution in [0.25, 0.3) is 0 Å². The lowest BCUT2D eigenvalue weighted by Crippen LogP contribution is -2.40. The number of aliphatic carboxylic acids is 1. The number of carbonyl (C=O) groups is 2. The van der Waals surface area contributed by atoms with Gasteiger partial charge in [0.25, 0.3) is 0 Å². The molecule has 1 aliphatic heterocycles. The van der Waals surface area contributed by atoms with Gasteiger partial charge in [-0.3, -0.25) is 4.79 Å². The molecule has 0 aromatic carbocycles. The smallest absolute Gasteiger partial charge is 0.326 e. The molecule has 0 aliphatic carbocycles. The molecule has 1 heterocycles. The molecule has 0 aromatic heterocycles. The molecule has 1 saturated heterocycles. The number of carboxylic acid groups (broad SMARTS) is 1. The summed E-state index contributed by atoms with van der Waals surface area (Å²) in [6.07, 6.45) is 4.47. The number of carbonyl (C=O) groups excluding carboxylic acids is 1. The zero-order valence-electron chi connectivity index (χ0n) is 10.5. The Balaban J connectivity index is 2.30. The Morgan fingerprint density at radius 1 is 1.47 bits per heavy atom. The van der Waals surface area contributed by atoms with Gasteiger partial charge in [-0.1, -0.05) is 0 Å². The highest BCUT2D eigenvalue weighted by Gasteiger charge is 2.22. The molecule has 1 aliphatic rings. The lowest BCUT2D eigenvalue weighted by Gasteiger charge is -2.25. The largest absolute Gasteiger partial charge is 0.480 e. The topological polar surface area (TPSA) is 66.8 Å². The van der Waals surface area contributed by atoms with Gasteiger partial charge in [0.05, 0.1) is 6.10 Å². The van der Waals surface area contributed by atoms with Gasteiger partial charge in [0.2, 0.25) is 5.91 Å². The maximum atomic E-state index is 11.7. The molecule has 0 spiro atoms. The number of nitrogens with zero attached hydrogens (tertiary/aromatic N) is 1. The maximum Gasteiger partial charge on any atom is 0.326 e. The fraction of sp³-hybridized carbons (Fsp3) is 0.833. The quantitative estimate of drug-likeness (QED) is 0.789. The summed E-state index contributed by atoms with van der Waals surface area (Å²) in [5, 5.41) is 8.80. The minimum absolute atomic E-state index is 0.130. The van der Waals surface area contributed by atoms with Crippen LogP contribution in [0.2, 0.25) is 0 Å². The van der Waals surface area contributed by atoms with E-state index in [1.54, 1.807) is 0 Å². The van der Waals surface area contributed by atoms with Crippen LogP contribution in [0.5, 0.6) is 0 Å². The molecular weight excluding hydrogens is 222 g/mol. The van der Waals surface area contributed by atoms with E-state index in [1.807, 2.05) is 0 Å². The lowest BCUT2D eigenvalue weighted by atomic mass is 10.0. The standard InChI is InChI=1S/C12H21NO4/c1-9(12(15)16)13(2)11(14)7-6-10-5-3-4-8-17-10/h9-10H,3-8H2,1-2H3,(H,15,16). The highest BCUT2D eigenvalue weighted by molar-refractivity contribution is 5.83. The van der Waals surface area contributed by atoms with E-state index in [0.717, 1.165) is 25.9 Å². The van der Waals surface area contributed by atoms with Crippen molar-refractivity contribution in [2.75, 3.05) is 13.7 Å². The molecule has 0 bridgehead atoms. The summed E-state index contributed by atoms with van der Waals surface area (Å²) in [5.74, 6) is -1.11. The van der Waals surface area contributed by atoms with Crippen LogP contribution >= 0.6 is 0 Å². The number of likely N-dealkylation sites (N-methyl/N-ethyl adjacent to an activating group) is 1. The highest BCUT2D eigenvalue weighted by atomic mass is 16.5. The first kappa shape index (κ1) is 14.0. The Morgan fingerprint density at radius 2 is 2.18 bits per heavy atom. The summed E-state index contributed by atoms with van der Waals surface area (Å²) in [6.45, 7) is 2.29. The van der Waals surface area contributed by atoms with Gasteiger partial charge in [-0.2, -0.15) is 0 Å². The van der Waals surface area contributed by atoms with Gasteiger partial charge in [0, 0.05) is 20.1 Å². The van der Waals surface area contributed by atoms with E-state index >= 15 is 0 Å². The van der Waals surface area contributed by atoms with Crippen molar-refractivity contribution >= 4 is 11.9 Å². The molecule has 5 heteroatoms. The van der Waals surface area contributed by atoms with Crippen LogP contribution in [0.1, 0.15) is 39.0 Å². The summed E-state index contributed by atoms with van der Waals surface area (Å²) in [6, 6.07) is -0.769. The highest BCUT2D eigenvalue weighted by Crippen LogP contribution is 2.17. The van der Waals surface area contributed by atoms with Crippen LogP contribution in [0.4, 0.5) is 0 Å². The lowest BCUT2D eigenvalue weighted by molar-refractivity contribution is -0.148. The summed E-state index contributed by atoms with van der Waals surface area (Å²) >= 11 is 0. The second-order valence-corrected chi connectivity index (χ2v) is 4.55. The van der Waals surface area contributed by atoms with Crippen LogP contribution in [-0.4, -0.2) is 47.7 Å². The Morgan fingerprint density at radius 3 is 2.71 bits per heavy atom. The summed E-state index contributed by atoms with van der Waals surface area (Å²) in [7, 11) is 1.53. The number of ether oxygens (including phenoxy) is 1. The molecule has 0 saturated carbocycles. The van der Waals surface area contributed by atoms with Crippen molar-refractivity contribution in [3.05, 3.63) is 0 Å². The van der Waals surface area contributed by atoms with E-state index in [4.69, 9.17) is 9.84 Å². The van der Waals surface area contributed by atoms with Crippen molar-refractivity contribution in [2.45, 2.75) is 51.2 Å². The molecule has 1 amide bonds. The van der Waals surface area contributed by atoms with Gasteiger partial charge >= 0.3 is 5.97 Å². The van der Waals surface area contributed by atoms with Crippen molar-refractivity contribution in [1.82, 2.24) is 4.90 Å². The average molecular weight is 243 g/mol. The van der Waals surface area contributed by atoms with E-state index in [0.29, 0.717) is 12.8 Å². The van der Waals surface area contributed by atoms with Crippen LogP contribution in [0.3, 0.4) is 0 Å². The van der Waals surface area contributed by atoms with Crippen LogP contribution in [-0.2, 0) is 14.3 Å². The molecule has 0 aromatic rings. The molecule has 2 atom stereocenters. The van der Waals surface area contributed by atoms with Gasteiger partial charge in [-0.25, -0.2) is 4.79 Å². The van der Waals surface area contributed by atoms with Crippen molar-refractivity contribution in [3.63, 3.8) is 0 Å². The number of amides is 1. The molecule has 5 nitrogen and oxygen atoms in total. The SMILES string of the molecule is CC(C(=O)O)N(C)C(=O)CCC1CCCCO1. The van der Waals surface area contributed by atoms with Crippen molar-refractivity contribution in [2.24, 2.45) is 0 Å². The second kappa shape index (κ2) is 6.59. The fourth-order valence-corrected chi connectivity index (χ4v) is 1.88. The third-order valence-corrected chi connectivity index (χ3v) is 3.29. The maximum absolute atomic E-state index is 11.7. The van der Waals surface area contributed by atoms with Crippen LogP contribution in [0.15, 0.2) is 0 Å². The van der Waals surface area contributed by atoms with Crippen molar-refractivity contribution in [3.8, 4) is 0 Å². The minimum atomic E-state index is -0.977. The van der Waals surface area contributed by atoms with Crippen molar-refractivity contribution < 1.29 is 19.4 Å².